The van der Waals surface area contributed by atoms with Crippen molar-refractivity contribution in [2.24, 2.45) is 5.92 Å². The van der Waals surface area contributed by atoms with Crippen molar-refractivity contribution < 1.29 is 24.2 Å². The first kappa shape index (κ1) is 15.0. The summed E-state index contributed by atoms with van der Waals surface area (Å²) < 4.78 is 10.4. The van der Waals surface area contributed by atoms with Crippen LogP contribution in [-0.2, 0) is 4.79 Å². The molecule has 1 aromatic rings. The van der Waals surface area contributed by atoms with Crippen molar-refractivity contribution in [1.29, 1.82) is 0 Å². The van der Waals surface area contributed by atoms with E-state index in [1.165, 1.54) is 4.90 Å². The van der Waals surface area contributed by atoms with Gasteiger partial charge in [0.15, 0.2) is 11.5 Å². The molecule has 1 aliphatic heterocycles. The third-order valence-electron chi connectivity index (χ3n) is 2.82. The van der Waals surface area contributed by atoms with E-state index < -0.39 is 12.0 Å². The quantitative estimate of drug-likeness (QED) is 0.867. The molecule has 0 fully saturated rings. The first-order valence-corrected chi connectivity index (χ1v) is 6.63. The highest BCUT2D eigenvalue weighted by molar-refractivity contribution is 5.91. The lowest BCUT2D eigenvalue weighted by atomic mass is 10.2. The molecule has 0 saturated heterocycles. The summed E-state index contributed by atoms with van der Waals surface area (Å²) in [5, 5.41) is 11.6. The highest BCUT2D eigenvalue weighted by Crippen LogP contribution is 2.34. The van der Waals surface area contributed by atoms with Gasteiger partial charge < -0.3 is 24.8 Å². The Bertz CT molecular complexity index is 544. The molecule has 0 radical (unpaired) electrons. The molecule has 1 aliphatic rings. The lowest BCUT2D eigenvalue weighted by Crippen LogP contribution is -2.40. The number of urea groups is 1. The number of carbonyl (C=O) groups is 2. The Balaban J connectivity index is 2.05. The topological polar surface area (TPSA) is 88.1 Å². The van der Waals surface area contributed by atoms with Gasteiger partial charge in [-0.15, -0.1) is 0 Å². The number of benzene rings is 1. The van der Waals surface area contributed by atoms with E-state index in [0.29, 0.717) is 23.7 Å². The van der Waals surface area contributed by atoms with Gasteiger partial charge in [-0.25, -0.2) is 4.79 Å². The van der Waals surface area contributed by atoms with Gasteiger partial charge in [0.2, 0.25) is 6.79 Å². The van der Waals surface area contributed by atoms with Gasteiger partial charge in [0.05, 0.1) is 0 Å². The summed E-state index contributed by atoms with van der Waals surface area (Å²) >= 11 is 0. The largest absolute Gasteiger partial charge is 0.480 e. The summed E-state index contributed by atoms with van der Waals surface area (Å²) in [6, 6.07) is 4.57. The lowest BCUT2D eigenvalue weighted by molar-refractivity contribution is -0.137. The number of ether oxygens (including phenoxy) is 2. The van der Waals surface area contributed by atoms with Crippen molar-refractivity contribution in [3.05, 3.63) is 18.2 Å². The van der Waals surface area contributed by atoms with Crippen LogP contribution < -0.4 is 14.8 Å². The average Bonchev–Trinajstić information content (AvgIpc) is 2.84. The van der Waals surface area contributed by atoms with Crippen LogP contribution >= 0.6 is 0 Å². The number of aliphatic carboxylic acids is 1. The number of carbonyl (C=O) groups excluding carboxylic acids is 1. The van der Waals surface area contributed by atoms with Crippen molar-refractivity contribution >= 4 is 17.7 Å². The molecule has 0 aliphatic carbocycles. The van der Waals surface area contributed by atoms with Crippen LogP contribution in [-0.4, -0.2) is 41.9 Å². The van der Waals surface area contributed by atoms with Gasteiger partial charge in [-0.3, -0.25) is 4.79 Å². The van der Waals surface area contributed by atoms with Crippen LogP contribution in [0.5, 0.6) is 11.5 Å². The predicted molar refractivity (Wildman–Crippen MR) is 75.6 cm³/mol. The van der Waals surface area contributed by atoms with Crippen molar-refractivity contribution in [1.82, 2.24) is 4.90 Å². The van der Waals surface area contributed by atoms with Gasteiger partial charge in [0.1, 0.15) is 6.54 Å². The van der Waals surface area contributed by atoms with Crippen LogP contribution in [0.25, 0.3) is 0 Å². The van der Waals surface area contributed by atoms with Crippen molar-refractivity contribution in [3.63, 3.8) is 0 Å². The number of carboxylic acids is 1. The molecule has 0 aromatic heterocycles. The fraction of sp³-hybridized carbons (Fsp3) is 0.429. The Morgan fingerprint density at radius 3 is 2.71 bits per heavy atom. The van der Waals surface area contributed by atoms with Gasteiger partial charge in [-0.1, -0.05) is 13.8 Å². The van der Waals surface area contributed by atoms with Crippen molar-refractivity contribution in [2.75, 3.05) is 25.2 Å². The molecular formula is C14H18N2O5. The van der Waals surface area contributed by atoms with Crippen LogP contribution in [0, 0.1) is 5.92 Å². The van der Waals surface area contributed by atoms with Gasteiger partial charge in [0, 0.05) is 18.3 Å². The van der Waals surface area contributed by atoms with Crippen LogP contribution in [0.2, 0.25) is 0 Å². The monoisotopic (exact) mass is 294 g/mol. The first-order chi connectivity index (χ1) is 9.95. The second-order valence-electron chi connectivity index (χ2n) is 5.17. The Kier molecular flexibility index (Phi) is 4.52. The molecule has 2 N–H and O–H groups in total. The molecule has 7 heteroatoms. The zero-order valence-corrected chi connectivity index (χ0v) is 12.0. The van der Waals surface area contributed by atoms with E-state index in [1.807, 2.05) is 13.8 Å². The lowest BCUT2D eigenvalue weighted by Gasteiger charge is -2.23. The molecule has 7 nitrogen and oxygen atoms in total. The number of anilines is 1. The minimum Gasteiger partial charge on any atom is -0.480 e. The summed E-state index contributed by atoms with van der Waals surface area (Å²) in [5.74, 6) is 0.308. The van der Waals surface area contributed by atoms with Gasteiger partial charge in [0.25, 0.3) is 0 Å². The summed E-state index contributed by atoms with van der Waals surface area (Å²) in [5.41, 5.74) is 0.531. The number of nitrogens with one attached hydrogen (secondary N) is 1. The molecular weight excluding hydrogens is 276 g/mol. The highest BCUT2D eigenvalue weighted by atomic mass is 16.7. The Morgan fingerprint density at radius 2 is 2.05 bits per heavy atom. The molecule has 114 valence electrons. The fourth-order valence-corrected chi connectivity index (χ4v) is 2.00. The molecule has 2 rings (SSSR count). The summed E-state index contributed by atoms with van der Waals surface area (Å²) in [7, 11) is 0. The summed E-state index contributed by atoms with van der Waals surface area (Å²) in [6.07, 6.45) is 0. The number of rotatable bonds is 5. The zero-order valence-electron chi connectivity index (χ0n) is 12.0. The molecule has 21 heavy (non-hydrogen) atoms. The number of nitrogens with zero attached hydrogens (tertiary/aromatic N) is 1. The molecule has 2 amide bonds. The standard InChI is InChI=1S/C14H18N2O5/c1-9(2)6-16(7-13(17)18)14(19)15-10-3-4-11-12(5-10)21-8-20-11/h3-5,9H,6-8H2,1-2H3,(H,15,19)(H,17,18). The summed E-state index contributed by atoms with van der Waals surface area (Å²) in [4.78, 5) is 24.3. The van der Waals surface area contributed by atoms with E-state index in [-0.39, 0.29) is 19.3 Å². The van der Waals surface area contributed by atoms with Crippen LogP contribution in [0.15, 0.2) is 18.2 Å². The molecule has 0 bridgehead atoms. The van der Waals surface area contributed by atoms with Crippen LogP contribution in [0.4, 0.5) is 10.5 Å². The number of fused-ring (bicyclic) bond motifs is 1. The van der Waals surface area contributed by atoms with E-state index in [0.717, 1.165) is 0 Å². The Labute approximate surface area is 122 Å². The molecule has 1 heterocycles. The number of hydrogen-bond donors (Lipinski definition) is 2. The highest BCUT2D eigenvalue weighted by Gasteiger charge is 2.19. The molecule has 0 spiro atoms. The maximum Gasteiger partial charge on any atom is 0.323 e. The molecule has 0 unspecified atom stereocenters. The van der Waals surface area contributed by atoms with Gasteiger partial charge >= 0.3 is 12.0 Å². The van der Waals surface area contributed by atoms with Crippen LogP contribution in [0.1, 0.15) is 13.8 Å². The van der Waals surface area contributed by atoms with E-state index in [4.69, 9.17) is 14.6 Å². The maximum atomic E-state index is 12.2. The molecule has 1 aromatic carbocycles. The van der Waals surface area contributed by atoms with E-state index in [2.05, 4.69) is 5.32 Å². The van der Waals surface area contributed by atoms with E-state index in [1.54, 1.807) is 18.2 Å². The minimum atomic E-state index is -1.04. The van der Waals surface area contributed by atoms with Gasteiger partial charge in [-0.2, -0.15) is 0 Å². The first-order valence-electron chi connectivity index (χ1n) is 6.63. The second-order valence-corrected chi connectivity index (χ2v) is 5.17. The molecule has 0 saturated carbocycles. The third-order valence-corrected chi connectivity index (χ3v) is 2.82. The predicted octanol–water partition coefficient (Wildman–Crippen LogP) is 1.99. The normalized spacial score (nSPS) is 12.3. The van der Waals surface area contributed by atoms with Gasteiger partial charge in [-0.05, 0) is 18.1 Å². The number of carboxylic acid groups (broad SMARTS) is 1. The van der Waals surface area contributed by atoms with E-state index in [9.17, 15) is 9.59 Å². The van der Waals surface area contributed by atoms with Crippen LogP contribution in [0.3, 0.4) is 0 Å². The zero-order chi connectivity index (χ0) is 15.4. The smallest absolute Gasteiger partial charge is 0.323 e. The van der Waals surface area contributed by atoms with Crippen molar-refractivity contribution in [3.8, 4) is 11.5 Å². The number of amides is 2. The second kappa shape index (κ2) is 6.34. The Morgan fingerprint density at radius 1 is 1.33 bits per heavy atom. The Hall–Kier alpha value is -2.44. The van der Waals surface area contributed by atoms with E-state index >= 15 is 0 Å². The minimum absolute atomic E-state index is 0.158. The summed E-state index contributed by atoms with van der Waals surface area (Å²) in [6.45, 7) is 4.02. The van der Waals surface area contributed by atoms with Crippen molar-refractivity contribution in [2.45, 2.75) is 13.8 Å². The number of hydrogen-bond acceptors (Lipinski definition) is 4. The average molecular weight is 294 g/mol. The fourth-order valence-electron chi connectivity index (χ4n) is 2.00. The third kappa shape index (κ3) is 4.01. The SMILES string of the molecule is CC(C)CN(CC(=O)O)C(=O)Nc1ccc2c(c1)OCO2. The maximum absolute atomic E-state index is 12.2. The molecule has 0 atom stereocenters.